The molecular formula is C28H29F2N9O3. The number of pyridine rings is 1. The van der Waals surface area contributed by atoms with Gasteiger partial charge in [0.1, 0.15) is 42.1 Å². The Bertz CT molecular complexity index is 1510. The van der Waals surface area contributed by atoms with E-state index < -0.39 is 17.3 Å². The van der Waals surface area contributed by atoms with E-state index in [0.717, 1.165) is 50.6 Å². The highest BCUT2D eigenvalue weighted by molar-refractivity contribution is 5.78. The molecule has 1 aliphatic rings. The van der Waals surface area contributed by atoms with Gasteiger partial charge in [0, 0.05) is 57.3 Å². The number of aldehydes is 1. The minimum absolute atomic E-state index is 0.109. The molecule has 1 aromatic carbocycles. The van der Waals surface area contributed by atoms with Crippen molar-refractivity contribution in [2.75, 3.05) is 57.6 Å². The number of nitrogens with one attached hydrogen (secondary N) is 2. The Balaban J connectivity index is 1.30. The van der Waals surface area contributed by atoms with Crippen LogP contribution in [0, 0.1) is 11.6 Å². The Morgan fingerprint density at radius 3 is 2.26 bits per heavy atom. The molecule has 3 aromatic heterocycles. The van der Waals surface area contributed by atoms with Crippen molar-refractivity contribution in [3.05, 3.63) is 66.5 Å². The van der Waals surface area contributed by atoms with Crippen LogP contribution < -0.4 is 20.1 Å². The first-order chi connectivity index (χ1) is 20.5. The predicted octanol–water partition coefficient (Wildman–Crippen LogP) is 3.43. The van der Waals surface area contributed by atoms with Gasteiger partial charge in [0.15, 0.2) is 23.1 Å². The summed E-state index contributed by atoms with van der Waals surface area (Å²) >= 11 is 0. The molecule has 0 bridgehead atoms. The lowest BCUT2D eigenvalue weighted by atomic mass is 10.2. The van der Waals surface area contributed by atoms with Gasteiger partial charge < -0.3 is 24.9 Å². The molecule has 0 unspecified atom stereocenters. The third-order valence-electron chi connectivity index (χ3n) is 6.76. The SMILES string of the molecule is COc1cc(OC)c(F)c(Nc2ncncc2-c2cc(Nc3ccc(CN4CCN(CC=O)CC4)cn3)ncn2)c1F. The summed E-state index contributed by atoms with van der Waals surface area (Å²) in [5.41, 5.74) is 1.35. The monoisotopic (exact) mass is 577 g/mol. The standard InChI is InChI=1S/C28H29F2N9O3/c1-41-21-12-22(42-2)26(30)27(25(21)29)37-28-19(14-31-16-35-28)20-11-24(34-17-33-20)36-23-4-3-18(13-32-23)15-39-7-5-38(6-8-39)9-10-40/h3-4,10-14,16-17H,5-9,15H2,1-2H3,(H,31,35,37)(H,32,33,34,36). The normalized spacial score (nSPS) is 13.9. The highest BCUT2D eigenvalue weighted by atomic mass is 19.1. The van der Waals surface area contributed by atoms with E-state index in [0.29, 0.717) is 29.4 Å². The Morgan fingerprint density at radius 1 is 0.857 bits per heavy atom. The van der Waals surface area contributed by atoms with Crippen LogP contribution in [0.25, 0.3) is 11.3 Å². The first-order valence-electron chi connectivity index (χ1n) is 13.1. The van der Waals surface area contributed by atoms with Crippen molar-refractivity contribution in [3.8, 4) is 22.8 Å². The molecule has 1 saturated heterocycles. The molecule has 1 fully saturated rings. The maximum Gasteiger partial charge on any atom is 0.191 e. The number of nitrogens with zero attached hydrogens (tertiary/aromatic N) is 7. The van der Waals surface area contributed by atoms with Crippen molar-refractivity contribution in [1.82, 2.24) is 34.7 Å². The van der Waals surface area contributed by atoms with Gasteiger partial charge >= 0.3 is 0 Å². The molecule has 218 valence electrons. The molecule has 0 spiro atoms. The fraction of sp³-hybridized carbons (Fsp3) is 0.286. The molecule has 0 radical (unpaired) electrons. The summed E-state index contributed by atoms with van der Waals surface area (Å²) in [6.45, 7) is 4.75. The van der Waals surface area contributed by atoms with Crippen LogP contribution in [0.5, 0.6) is 11.5 Å². The first-order valence-corrected chi connectivity index (χ1v) is 13.1. The summed E-state index contributed by atoms with van der Waals surface area (Å²) in [5.74, 6) is -1.15. The van der Waals surface area contributed by atoms with E-state index in [-0.39, 0.29) is 17.3 Å². The minimum atomic E-state index is -0.944. The number of halogens is 2. The lowest BCUT2D eigenvalue weighted by Crippen LogP contribution is -2.46. The number of piperazine rings is 1. The summed E-state index contributed by atoms with van der Waals surface area (Å²) in [7, 11) is 2.54. The molecule has 42 heavy (non-hydrogen) atoms. The molecule has 1 aliphatic heterocycles. The topological polar surface area (TPSA) is 131 Å². The van der Waals surface area contributed by atoms with Crippen LogP contribution in [-0.2, 0) is 11.3 Å². The summed E-state index contributed by atoms with van der Waals surface area (Å²) < 4.78 is 40.0. The quantitative estimate of drug-likeness (QED) is 0.253. The Morgan fingerprint density at radius 2 is 1.60 bits per heavy atom. The van der Waals surface area contributed by atoms with Gasteiger partial charge in [-0.1, -0.05) is 6.07 Å². The van der Waals surface area contributed by atoms with Gasteiger partial charge in [-0.15, -0.1) is 0 Å². The smallest absolute Gasteiger partial charge is 0.191 e. The number of ether oxygens (including phenoxy) is 2. The van der Waals surface area contributed by atoms with Gasteiger partial charge in [0.2, 0.25) is 0 Å². The fourth-order valence-corrected chi connectivity index (χ4v) is 4.52. The van der Waals surface area contributed by atoms with Crippen LogP contribution in [0.1, 0.15) is 5.56 Å². The van der Waals surface area contributed by atoms with Crippen LogP contribution >= 0.6 is 0 Å². The average molecular weight is 578 g/mol. The van der Waals surface area contributed by atoms with Crippen molar-refractivity contribution in [3.63, 3.8) is 0 Å². The molecular weight excluding hydrogens is 548 g/mol. The number of aromatic nitrogens is 5. The number of benzene rings is 1. The van der Waals surface area contributed by atoms with Crippen LogP contribution in [0.2, 0.25) is 0 Å². The van der Waals surface area contributed by atoms with Gasteiger partial charge in [-0.3, -0.25) is 9.80 Å². The van der Waals surface area contributed by atoms with E-state index >= 15 is 0 Å². The predicted molar refractivity (Wildman–Crippen MR) is 151 cm³/mol. The Labute approximate surface area is 240 Å². The highest BCUT2D eigenvalue weighted by Gasteiger charge is 2.22. The van der Waals surface area contributed by atoms with Crippen LogP contribution in [0.3, 0.4) is 0 Å². The van der Waals surface area contributed by atoms with E-state index in [4.69, 9.17) is 9.47 Å². The number of carbonyl (C=O) groups excluding carboxylic acids is 1. The van der Waals surface area contributed by atoms with Gasteiger partial charge in [-0.2, -0.15) is 0 Å². The highest BCUT2D eigenvalue weighted by Crippen LogP contribution is 2.37. The third-order valence-corrected chi connectivity index (χ3v) is 6.76. The second kappa shape index (κ2) is 13.2. The maximum absolute atomic E-state index is 15.0. The molecule has 4 heterocycles. The van der Waals surface area contributed by atoms with Crippen LogP contribution in [0.4, 0.5) is 31.9 Å². The van der Waals surface area contributed by atoms with Crippen molar-refractivity contribution < 1.29 is 23.0 Å². The van der Waals surface area contributed by atoms with E-state index in [9.17, 15) is 13.6 Å². The van der Waals surface area contributed by atoms with E-state index in [1.807, 2.05) is 12.1 Å². The second-order valence-corrected chi connectivity index (χ2v) is 9.40. The summed E-state index contributed by atoms with van der Waals surface area (Å²) in [6.07, 6.45) is 6.82. The van der Waals surface area contributed by atoms with Crippen LogP contribution in [0.15, 0.2) is 49.3 Å². The molecule has 0 aliphatic carbocycles. The molecule has 0 saturated carbocycles. The molecule has 0 amide bonds. The number of methoxy groups -OCH3 is 2. The van der Waals surface area contributed by atoms with Gasteiger partial charge in [-0.25, -0.2) is 33.7 Å². The number of anilines is 4. The lowest BCUT2D eigenvalue weighted by molar-refractivity contribution is -0.109. The third kappa shape index (κ3) is 6.56. The molecule has 12 nitrogen and oxygen atoms in total. The molecule has 2 N–H and O–H groups in total. The zero-order valence-corrected chi connectivity index (χ0v) is 23.0. The zero-order valence-electron chi connectivity index (χ0n) is 23.0. The molecule has 4 aromatic rings. The number of rotatable bonds is 11. The number of carbonyl (C=O) groups is 1. The van der Waals surface area contributed by atoms with Gasteiger partial charge in [0.05, 0.1) is 32.0 Å². The van der Waals surface area contributed by atoms with Crippen molar-refractivity contribution in [2.45, 2.75) is 6.54 Å². The molecule has 14 heteroatoms. The molecule has 0 atom stereocenters. The van der Waals surface area contributed by atoms with E-state index in [1.54, 1.807) is 12.3 Å². The summed E-state index contributed by atoms with van der Waals surface area (Å²) in [6, 6.07) is 6.63. The Kier molecular flexibility index (Phi) is 9.04. The lowest BCUT2D eigenvalue weighted by Gasteiger charge is -2.33. The maximum atomic E-state index is 15.0. The first kappa shape index (κ1) is 28.7. The zero-order chi connectivity index (χ0) is 29.5. The van der Waals surface area contributed by atoms with Crippen molar-refractivity contribution in [1.29, 1.82) is 0 Å². The van der Waals surface area contributed by atoms with Crippen molar-refractivity contribution >= 4 is 29.4 Å². The second-order valence-electron chi connectivity index (χ2n) is 9.40. The number of hydrogen-bond acceptors (Lipinski definition) is 12. The van der Waals surface area contributed by atoms with E-state index in [1.165, 1.54) is 33.1 Å². The summed E-state index contributed by atoms with van der Waals surface area (Å²) in [5, 5.41) is 5.85. The Hall–Kier alpha value is -4.82. The average Bonchev–Trinajstić information content (AvgIpc) is 3.02. The number of hydrogen-bond donors (Lipinski definition) is 2. The van der Waals surface area contributed by atoms with Gasteiger partial charge in [-0.05, 0) is 11.6 Å². The molecule has 5 rings (SSSR count). The fourth-order valence-electron chi connectivity index (χ4n) is 4.52. The van der Waals surface area contributed by atoms with Gasteiger partial charge in [0.25, 0.3) is 0 Å². The largest absolute Gasteiger partial charge is 0.493 e. The van der Waals surface area contributed by atoms with Crippen LogP contribution in [-0.4, -0.2) is 87.9 Å². The summed E-state index contributed by atoms with van der Waals surface area (Å²) in [4.78, 5) is 36.5. The van der Waals surface area contributed by atoms with E-state index in [2.05, 4.69) is 45.4 Å². The van der Waals surface area contributed by atoms with Crippen molar-refractivity contribution in [2.24, 2.45) is 0 Å². The minimum Gasteiger partial charge on any atom is -0.493 e.